The van der Waals surface area contributed by atoms with Crippen molar-refractivity contribution in [1.29, 1.82) is 0 Å². The van der Waals surface area contributed by atoms with Gasteiger partial charge < -0.3 is 14.6 Å². The summed E-state index contributed by atoms with van der Waals surface area (Å²) in [5.74, 6) is -0.723. The maximum Gasteiger partial charge on any atom is 0.322 e. The number of ether oxygens (including phenoxy) is 2. The predicted molar refractivity (Wildman–Crippen MR) is 98.3 cm³/mol. The Labute approximate surface area is 163 Å². The van der Waals surface area contributed by atoms with Crippen molar-refractivity contribution < 1.29 is 27.8 Å². The maximum atomic E-state index is 13.1. The molecule has 0 aliphatic carbocycles. The van der Waals surface area contributed by atoms with Crippen molar-refractivity contribution in [1.82, 2.24) is 14.3 Å². The molecule has 2 aromatic rings. The van der Waals surface area contributed by atoms with Gasteiger partial charge in [0.1, 0.15) is 18.4 Å². The number of aliphatic carboxylic acids is 1. The highest BCUT2D eigenvalue weighted by molar-refractivity contribution is 7.89. The van der Waals surface area contributed by atoms with Crippen LogP contribution in [0.2, 0.25) is 0 Å². The molecule has 0 amide bonds. The number of hydrogen-bond donors (Lipinski definition) is 1. The Kier molecular flexibility index (Phi) is 6.22. The molecule has 28 heavy (non-hydrogen) atoms. The van der Waals surface area contributed by atoms with Crippen molar-refractivity contribution in [2.24, 2.45) is 0 Å². The number of hydrogen-bond acceptors (Lipinski definition) is 7. The van der Waals surface area contributed by atoms with Gasteiger partial charge in [-0.2, -0.15) is 4.31 Å². The van der Waals surface area contributed by atoms with Crippen molar-refractivity contribution in [2.45, 2.75) is 30.8 Å². The van der Waals surface area contributed by atoms with Crippen molar-refractivity contribution in [3.63, 3.8) is 0 Å². The molecule has 0 saturated heterocycles. The second kappa shape index (κ2) is 8.63. The minimum atomic E-state index is -4.04. The number of carbonyl (C=O) groups is 1. The third-order valence-electron chi connectivity index (χ3n) is 4.32. The predicted octanol–water partition coefficient (Wildman–Crippen LogP) is 1.09. The lowest BCUT2D eigenvalue weighted by Crippen LogP contribution is -2.49. The van der Waals surface area contributed by atoms with Crippen molar-refractivity contribution in [3.05, 3.63) is 48.0 Å². The average molecular weight is 407 g/mol. The van der Waals surface area contributed by atoms with Gasteiger partial charge in [-0.25, -0.2) is 8.42 Å². The maximum absolute atomic E-state index is 13.1. The highest BCUT2D eigenvalue weighted by atomic mass is 32.2. The molecule has 10 heteroatoms. The molecule has 1 aromatic heterocycles. The van der Waals surface area contributed by atoms with Gasteiger partial charge in [-0.1, -0.05) is 0 Å². The molecule has 1 aromatic carbocycles. The molecule has 1 N–H and O–H groups in total. The normalized spacial score (nSPS) is 17.1. The van der Waals surface area contributed by atoms with E-state index in [0.29, 0.717) is 37.0 Å². The van der Waals surface area contributed by atoms with Gasteiger partial charge in [-0.3, -0.25) is 14.8 Å². The molecule has 3 rings (SSSR count). The fraction of sp³-hybridized carbons (Fsp3) is 0.389. The molecular weight excluding hydrogens is 386 g/mol. The number of carboxylic acids is 1. The van der Waals surface area contributed by atoms with E-state index in [1.165, 1.54) is 36.7 Å². The van der Waals surface area contributed by atoms with E-state index in [9.17, 15) is 18.3 Å². The first-order valence-electron chi connectivity index (χ1n) is 8.77. The zero-order valence-electron chi connectivity index (χ0n) is 15.3. The Hall–Kier alpha value is -2.56. The van der Waals surface area contributed by atoms with Crippen LogP contribution in [0.25, 0.3) is 0 Å². The molecule has 1 unspecified atom stereocenters. The van der Waals surface area contributed by atoms with Gasteiger partial charge in [-0.05, 0) is 31.2 Å². The molecule has 1 aliphatic rings. The third-order valence-corrected chi connectivity index (χ3v) is 6.19. The largest absolute Gasteiger partial charge is 0.491 e. The number of fused-ring (bicyclic) bond motifs is 1. The Balaban J connectivity index is 1.81. The van der Waals surface area contributed by atoms with Crippen molar-refractivity contribution in [2.75, 3.05) is 19.8 Å². The lowest BCUT2D eigenvalue weighted by molar-refractivity contribution is -0.141. The van der Waals surface area contributed by atoms with Gasteiger partial charge >= 0.3 is 5.97 Å². The first-order chi connectivity index (χ1) is 13.4. The summed E-state index contributed by atoms with van der Waals surface area (Å²) >= 11 is 0. The van der Waals surface area contributed by atoms with Crippen LogP contribution < -0.4 is 4.74 Å². The van der Waals surface area contributed by atoms with E-state index in [-0.39, 0.29) is 17.9 Å². The molecule has 0 bridgehead atoms. The highest BCUT2D eigenvalue weighted by Gasteiger charge is 2.40. The summed E-state index contributed by atoms with van der Waals surface area (Å²) in [6.07, 6.45) is 2.89. The van der Waals surface area contributed by atoms with E-state index in [0.717, 1.165) is 4.31 Å². The number of sulfonamides is 1. The molecule has 1 aliphatic heterocycles. The van der Waals surface area contributed by atoms with Crippen LogP contribution in [0.5, 0.6) is 5.75 Å². The van der Waals surface area contributed by atoms with Gasteiger partial charge in [0.05, 0.1) is 29.4 Å². The molecule has 9 nitrogen and oxygen atoms in total. The molecule has 0 spiro atoms. The Bertz CT molecular complexity index is 933. The molecule has 0 fully saturated rings. The average Bonchev–Trinajstić information content (AvgIpc) is 2.70. The van der Waals surface area contributed by atoms with Crippen LogP contribution in [-0.4, -0.2) is 59.6 Å². The topological polar surface area (TPSA) is 119 Å². The van der Waals surface area contributed by atoms with E-state index in [2.05, 4.69) is 9.97 Å². The van der Waals surface area contributed by atoms with E-state index in [1.54, 1.807) is 0 Å². The van der Waals surface area contributed by atoms with Gasteiger partial charge in [0.25, 0.3) is 0 Å². The first-order valence-corrected chi connectivity index (χ1v) is 10.2. The fourth-order valence-corrected chi connectivity index (χ4v) is 4.45. The van der Waals surface area contributed by atoms with Gasteiger partial charge in [0, 0.05) is 25.4 Å². The Morgan fingerprint density at radius 2 is 1.86 bits per heavy atom. The number of nitrogens with zero attached hydrogens (tertiary/aromatic N) is 3. The zero-order chi connectivity index (χ0) is 20.1. The van der Waals surface area contributed by atoms with Crippen LogP contribution in [0.4, 0.5) is 0 Å². The summed E-state index contributed by atoms with van der Waals surface area (Å²) in [6.45, 7) is 3.12. The van der Waals surface area contributed by atoms with Crippen LogP contribution in [0.1, 0.15) is 18.3 Å². The van der Waals surface area contributed by atoms with Crippen molar-refractivity contribution >= 4 is 16.0 Å². The van der Waals surface area contributed by atoms with E-state index in [1.807, 2.05) is 6.92 Å². The number of rotatable bonds is 8. The Morgan fingerprint density at radius 1 is 1.18 bits per heavy atom. The minimum Gasteiger partial charge on any atom is -0.491 e. The lowest BCUT2D eigenvalue weighted by Gasteiger charge is -2.32. The first kappa shape index (κ1) is 20.2. The van der Waals surface area contributed by atoms with E-state index in [4.69, 9.17) is 9.47 Å². The van der Waals surface area contributed by atoms with E-state index < -0.39 is 22.0 Å². The standard InChI is InChI=1S/C18H21N3O6S/c1-2-26-9-10-27-13-3-5-14(6-4-13)28(24,25)21-12-16-15(19-7-8-20-16)11-17(21)18(22)23/h3-8,17H,2,9-12H2,1H3,(H,22,23). The SMILES string of the molecule is CCOCCOc1ccc(S(=O)(=O)N2Cc3nccnc3CC2C(=O)O)cc1. The smallest absolute Gasteiger partial charge is 0.322 e. The molecule has 0 radical (unpaired) electrons. The number of benzene rings is 1. The molecule has 2 heterocycles. The van der Waals surface area contributed by atoms with Crippen molar-refractivity contribution in [3.8, 4) is 5.75 Å². The monoisotopic (exact) mass is 407 g/mol. The lowest BCUT2D eigenvalue weighted by atomic mass is 10.1. The van der Waals surface area contributed by atoms with Crippen LogP contribution in [0.15, 0.2) is 41.6 Å². The van der Waals surface area contributed by atoms with Crippen LogP contribution in [0, 0.1) is 0 Å². The molecule has 150 valence electrons. The molecule has 0 saturated carbocycles. The van der Waals surface area contributed by atoms with E-state index >= 15 is 0 Å². The Morgan fingerprint density at radius 3 is 2.50 bits per heavy atom. The number of aromatic nitrogens is 2. The number of carboxylic acid groups (broad SMARTS) is 1. The third kappa shape index (κ3) is 4.29. The zero-order valence-corrected chi connectivity index (χ0v) is 16.1. The van der Waals surface area contributed by atoms with Crippen LogP contribution in [-0.2, 0) is 32.5 Å². The summed E-state index contributed by atoms with van der Waals surface area (Å²) in [6, 6.07) is 4.63. The molecule has 1 atom stereocenters. The summed E-state index contributed by atoms with van der Waals surface area (Å²) in [5.41, 5.74) is 0.957. The van der Waals surface area contributed by atoms with Gasteiger partial charge in [0.15, 0.2) is 0 Å². The van der Waals surface area contributed by atoms with Crippen LogP contribution >= 0.6 is 0 Å². The van der Waals surface area contributed by atoms with Crippen LogP contribution in [0.3, 0.4) is 0 Å². The highest BCUT2D eigenvalue weighted by Crippen LogP contribution is 2.28. The second-order valence-electron chi connectivity index (χ2n) is 6.07. The summed E-state index contributed by atoms with van der Waals surface area (Å²) in [5, 5.41) is 9.54. The van der Waals surface area contributed by atoms with Gasteiger partial charge in [0.2, 0.25) is 10.0 Å². The minimum absolute atomic E-state index is 0.0109. The molecular formula is C18H21N3O6S. The second-order valence-corrected chi connectivity index (χ2v) is 7.97. The summed E-state index contributed by atoms with van der Waals surface area (Å²) in [7, 11) is -4.04. The fourth-order valence-electron chi connectivity index (χ4n) is 2.91. The summed E-state index contributed by atoms with van der Waals surface area (Å²) in [4.78, 5) is 19.9. The van der Waals surface area contributed by atoms with Gasteiger partial charge in [-0.15, -0.1) is 0 Å². The quantitative estimate of drug-likeness (QED) is 0.646. The summed E-state index contributed by atoms with van der Waals surface area (Å²) < 4.78 is 37.8.